The van der Waals surface area contributed by atoms with Crippen LogP contribution in [0.3, 0.4) is 0 Å². The lowest BCUT2D eigenvalue weighted by Crippen LogP contribution is -2.26. The molecule has 0 saturated carbocycles. The summed E-state index contributed by atoms with van der Waals surface area (Å²) in [5, 5.41) is 11.8. The number of carboxylic acids is 1. The average Bonchev–Trinajstić information content (AvgIpc) is 2.86. The number of hydrogen-bond acceptors (Lipinski definition) is 4. The first-order valence-corrected chi connectivity index (χ1v) is 6.51. The van der Waals surface area contributed by atoms with Crippen molar-refractivity contribution in [3.05, 3.63) is 28.3 Å². The molecule has 0 unspecified atom stereocenters. The highest BCUT2D eigenvalue weighted by Gasteiger charge is 2.28. The van der Waals surface area contributed by atoms with Crippen LogP contribution in [0.5, 0.6) is 0 Å². The van der Waals surface area contributed by atoms with Gasteiger partial charge < -0.3 is 9.52 Å². The largest absolute Gasteiger partial charge is 0.481 e. The van der Waals surface area contributed by atoms with Crippen LogP contribution in [0.1, 0.15) is 24.6 Å². The normalized spacial score (nSPS) is 11.7. The fraction of sp³-hybridized carbons (Fsp3) is 0.385. The number of carboxylic acid groups (broad SMARTS) is 1. The summed E-state index contributed by atoms with van der Waals surface area (Å²) in [5.41, 5.74) is -0.0296. The van der Waals surface area contributed by atoms with Crippen LogP contribution in [-0.4, -0.2) is 16.1 Å². The number of aromatic nitrogens is 1. The van der Waals surface area contributed by atoms with Crippen LogP contribution in [0, 0.1) is 12.3 Å². The van der Waals surface area contributed by atoms with Gasteiger partial charge in [0.25, 0.3) is 0 Å². The van der Waals surface area contributed by atoms with Crippen LogP contribution in [0.4, 0.5) is 0 Å². The molecule has 0 spiro atoms. The Hall–Kier alpha value is -1.62. The molecule has 0 aromatic carbocycles. The Labute approximate surface area is 109 Å². The van der Waals surface area contributed by atoms with Crippen LogP contribution in [0.2, 0.25) is 0 Å². The van der Waals surface area contributed by atoms with Crippen LogP contribution >= 0.6 is 11.3 Å². The number of hydrogen-bond donors (Lipinski definition) is 1. The van der Waals surface area contributed by atoms with Gasteiger partial charge in [0, 0.05) is 11.8 Å². The topological polar surface area (TPSA) is 63.3 Å². The van der Waals surface area contributed by atoms with Crippen molar-refractivity contribution in [2.75, 3.05) is 0 Å². The van der Waals surface area contributed by atoms with E-state index in [1.165, 1.54) is 11.3 Å². The Morgan fingerprint density at radius 2 is 2.22 bits per heavy atom. The molecule has 5 heteroatoms. The van der Waals surface area contributed by atoms with Crippen LogP contribution in [0.15, 0.2) is 21.9 Å². The molecule has 18 heavy (non-hydrogen) atoms. The maximum absolute atomic E-state index is 11.1. The summed E-state index contributed by atoms with van der Waals surface area (Å²) < 4.78 is 5.49. The fourth-order valence-corrected chi connectivity index (χ4v) is 2.54. The SMILES string of the molecule is Cc1ccc(-c2csc(CC(C)(C)C(=O)O)n2)o1. The second kappa shape index (κ2) is 4.57. The van der Waals surface area contributed by atoms with Crippen molar-refractivity contribution in [1.82, 2.24) is 4.98 Å². The molecular formula is C13H15NO3S. The van der Waals surface area contributed by atoms with Crippen molar-refractivity contribution >= 4 is 17.3 Å². The van der Waals surface area contributed by atoms with Gasteiger partial charge in [-0.3, -0.25) is 4.79 Å². The number of thiazole rings is 1. The van der Waals surface area contributed by atoms with E-state index in [1.807, 2.05) is 24.4 Å². The van der Waals surface area contributed by atoms with Crippen molar-refractivity contribution in [2.45, 2.75) is 27.2 Å². The number of rotatable bonds is 4. The van der Waals surface area contributed by atoms with Gasteiger partial charge in [-0.05, 0) is 32.9 Å². The van der Waals surface area contributed by atoms with Gasteiger partial charge in [0.05, 0.1) is 10.4 Å². The molecule has 0 aliphatic heterocycles. The lowest BCUT2D eigenvalue weighted by Gasteiger charge is -2.16. The maximum atomic E-state index is 11.1. The van der Waals surface area contributed by atoms with Gasteiger partial charge in [0.1, 0.15) is 11.5 Å². The molecule has 0 radical (unpaired) electrons. The number of carbonyl (C=O) groups is 1. The third-order valence-corrected chi connectivity index (χ3v) is 3.57. The molecule has 4 nitrogen and oxygen atoms in total. The average molecular weight is 265 g/mol. The van der Waals surface area contributed by atoms with Crippen molar-refractivity contribution in [2.24, 2.45) is 5.41 Å². The van der Waals surface area contributed by atoms with Gasteiger partial charge in [0.15, 0.2) is 5.76 Å². The van der Waals surface area contributed by atoms with E-state index in [2.05, 4.69) is 4.98 Å². The minimum absolute atomic E-state index is 0.423. The number of aliphatic carboxylic acids is 1. The molecule has 2 aromatic rings. The van der Waals surface area contributed by atoms with Crippen molar-refractivity contribution in [3.63, 3.8) is 0 Å². The van der Waals surface area contributed by atoms with E-state index in [0.29, 0.717) is 6.42 Å². The first kappa shape index (κ1) is 12.8. The van der Waals surface area contributed by atoms with Gasteiger partial charge in [-0.2, -0.15) is 0 Å². The van der Waals surface area contributed by atoms with E-state index in [4.69, 9.17) is 9.52 Å². The molecule has 0 bridgehead atoms. The summed E-state index contributed by atoms with van der Waals surface area (Å²) in [7, 11) is 0. The highest BCUT2D eigenvalue weighted by atomic mass is 32.1. The summed E-state index contributed by atoms with van der Waals surface area (Å²) in [4.78, 5) is 15.5. The predicted octanol–water partition coefficient (Wildman–Crippen LogP) is 3.36. The van der Waals surface area contributed by atoms with E-state index in [-0.39, 0.29) is 0 Å². The Bertz CT molecular complexity index is 568. The Kier molecular flexibility index (Phi) is 3.26. The molecule has 2 heterocycles. The monoisotopic (exact) mass is 265 g/mol. The number of furan rings is 1. The molecule has 1 N–H and O–H groups in total. The minimum Gasteiger partial charge on any atom is -0.481 e. The van der Waals surface area contributed by atoms with Crippen LogP contribution < -0.4 is 0 Å². The molecule has 0 atom stereocenters. The predicted molar refractivity (Wildman–Crippen MR) is 69.7 cm³/mol. The first-order chi connectivity index (χ1) is 8.38. The van der Waals surface area contributed by atoms with Crippen molar-refractivity contribution < 1.29 is 14.3 Å². The van der Waals surface area contributed by atoms with Gasteiger partial charge in [0.2, 0.25) is 0 Å². The molecule has 2 rings (SSSR count). The molecule has 0 aliphatic rings. The van der Waals surface area contributed by atoms with E-state index in [1.54, 1.807) is 13.8 Å². The molecule has 0 aliphatic carbocycles. The second-order valence-corrected chi connectivity index (χ2v) is 5.85. The standard InChI is InChI=1S/C13H15NO3S/c1-8-4-5-10(17-8)9-7-18-11(14-9)6-13(2,3)12(15)16/h4-5,7H,6H2,1-3H3,(H,15,16). The molecular weight excluding hydrogens is 250 g/mol. The van der Waals surface area contributed by atoms with Crippen molar-refractivity contribution in [1.29, 1.82) is 0 Å². The lowest BCUT2D eigenvalue weighted by molar-refractivity contribution is -0.146. The van der Waals surface area contributed by atoms with Gasteiger partial charge in [-0.1, -0.05) is 0 Å². The molecule has 0 fully saturated rings. The smallest absolute Gasteiger partial charge is 0.309 e. The third-order valence-electron chi connectivity index (χ3n) is 2.72. The fourth-order valence-electron chi connectivity index (χ4n) is 1.53. The zero-order valence-electron chi connectivity index (χ0n) is 10.6. The van der Waals surface area contributed by atoms with Gasteiger partial charge in [-0.15, -0.1) is 11.3 Å². The number of nitrogens with zero attached hydrogens (tertiary/aromatic N) is 1. The zero-order valence-corrected chi connectivity index (χ0v) is 11.4. The molecule has 0 saturated heterocycles. The van der Waals surface area contributed by atoms with Crippen LogP contribution in [0.25, 0.3) is 11.5 Å². The Balaban J connectivity index is 2.19. The molecule has 96 valence electrons. The first-order valence-electron chi connectivity index (χ1n) is 5.63. The van der Waals surface area contributed by atoms with Gasteiger partial charge >= 0.3 is 5.97 Å². The van der Waals surface area contributed by atoms with E-state index in [0.717, 1.165) is 22.2 Å². The summed E-state index contributed by atoms with van der Waals surface area (Å²) in [6.45, 7) is 5.28. The summed E-state index contributed by atoms with van der Waals surface area (Å²) in [6.07, 6.45) is 0.423. The lowest BCUT2D eigenvalue weighted by atomic mass is 9.90. The Morgan fingerprint density at radius 1 is 1.50 bits per heavy atom. The third kappa shape index (κ3) is 2.61. The van der Waals surface area contributed by atoms with E-state index < -0.39 is 11.4 Å². The van der Waals surface area contributed by atoms with Gasteiger partial charge in [-0.25, -0.2) is 4.98 Å². The minimum atomic E-state index is -0.812. The maximum Gasteiger partial charge on any atom is 0.309 e. The molecule has 2 aromatic heterocycles. The van der Waals surface area contributed by atoms with Crippen LogP contribution in [-0.2, 0) is 11.2 Å². The quantitative estimate of drug-likeness (QED) is 0.920. The van der Waals surface area contributed by atoms with E-state index >= 15 is 0 Å². The van der Waals surface area contributed by atoms with Crippen molar-refractivity contribution in [3.8, 4) is 11.5 Å². The summed E-state index contributed by atoms with van der Waals surface area (Å²) in [6, 6.07) is 3.76. The van der Waals surface area contributed by atoms with E-state index in [9.17, 15) is 4.79 Å². The Morgan fingerprint density at radius 3 is 2.78 bits per heavy atom. The highest BCUT2D eigenvalue weighted by Crippen LogP contribution is 2.28. The summed E-state index contributed by atoms with van der Waals surface area (Å²) >= 11 is 1.46. The second-order valence-electron chi connectivity index (χ2n) is 4.90. The zero-order chi connectivity index (χ0) is 13.3. The highest BCUT2D eigenvalue weighted by molar-refractivity contribution is 7.09. The summed E-state index contributed by atoms with van der Waals surface area (Å²) in [5.74, 6) is 0.752. The number of aryl methyl sites for hydroxylation is 1. The molecule has 0 amide bonds.